The molecule has 1 saturated carbocycles. The maximum atomic E-state index is 6.58. The van der Waals surface area contributed by atoms with Crippen LogP contribution in [-0.4, -0.2) is 12.6 Å². The smallest absolute Gasteiger partial charge is 0.180 e. The monoisotopic (exact) mass is 437 g/mol. The molecular formula is C24H33Cl2NO2. The van der Waals surface area contributed by atoms with Gasteiger partial charge in [-0.05, 0) is 49.9 Å². The fourth-order valence-electron chi connectivity index (χ4n) is 3.71. The van der Waals surface area contributed by atoms with E-state index in [-0.39, 0.29) is 12.4 Å². The number of rotatable bonds is 8. The zero-order valence-corrected chi connectivity index (χ0v) is 19.1. The van der Waals surface area contributed by atoms with Crippen molar-refractivity contribution in [3.8, 4) is 11.5 Å². The van der Waals surface area contributed by atoms with Gasteiger partial charge in [-0.25, -0.2) is 0 Å². The van der Waals surface area contributed by atoms with Crippen molar-refractivity contribution in [2.24, 2.45) is 0 Å². The lowest BCUT2D eigenvalue weighted by Crippen LogP contribution is -2.27. The summed E-state index contributed by atoms with van der Waals surface area (Å²) in [5, 5.41) is 4.31. The van der Waals surface area contributed by atoms with E-state index in [0.29, 0.717) is 30.0 Å². The fraction of sp³-hybridized carbons (Fsp3) is 0.500. The summed E-state index contributed by atoms with van der Waals surface area (Å²) in [6.45, 7) is 5.92. The Hall–Kier alpha value is -1.42. The van der Waals surface area contributed by atoms with Crippen LogP contribution in [0.25, 0.3) is 0 Å². The van der Waals surface area contributed by atoms with Crippen LogP contribution < -0.4 is 14.8 Å². The molecule has 0 unspecified atom stereocenters. The van der Waals surface area contributed by atoms with Gasteiger partial charge in [-0.3, -0.25) is 0 Å². The van der Waals surface area contributed by atoms with Gasteiger partial charge in [0.2, 0.25) is 0 Å². The molecule has 0 aliphatic heterocycles. The van der Waals surface area contributed by atoms with Crippen molar-refractivity contribution in [1.82, 2.24) is 5.32 Å². The van der Waals surface area contributed by atoms with Crippen LogP contribution in [0.1, 0.15) is 62.1 Å². The SMILES string of the molecule is CCOc1cc(CNC2CCCCCC2)cc(Cl)c1OCc1ccc(C)cc1.Cl. The molecule has 0 heterocycles. The largest absolute Gasteiger partial charge is 0.490 e. The molecule has 0 atom stereocenters. The Morgan fingerprint density at radius 2 is 1.66 bits per heavy atom. The number of hydrogen-bond acceptors (Lipinski definition) is 3. The number of hydrogen-bond donors (Lipinski definition) is 1. The highest BCUT2D eigenvalue weighted by molar-refractivity contribution is 6.32. The standard InChI is InChI=1S/C24H32ClNO2.ClH/c1-3-27-23-15-20(16-26-21-8-6-4-5-7-9-21)14-22(25)24(23)28-17-19-12-10-18(2)11-13-19;/h10-15,21,26H,3-9,16-17H2,1-2H3;1H. The van der Waals surface area contributed by atoms with Gasteiger partial charge in [-0.2, -0.15) is 0 Å². The lowest BCUT2D eigenvalue weighted by Gasteiger charge is -2.18. The average molecular weight is 438 g/mol. The van der Waals surface area contributed by atoms with Gasteiger partial charge in [-0.1, -0.05) is 67.1 Å². The minimum atomic E-state index is 0. The molecular weight excluding hydrogens is 405 g/mol. The van der Waals surface area contributed by atoms with Crippen LogP contribution >= 0.6 is 24.0 Å². The second kappa shape index (κ2) is 12.3. The molecule has 0 radical (unpaired) electrons. The van der Waals surface area contributed by atoms with Gasteiger partial charge in [0.1, 0.15) is 6.61 Å². The molecule has 0 amide bonds. The van der Waals surface area contributed by atoms with Crippen molar-refractivity contribution in [3.05, 3.63) is 58.1 Å². The molecule has 3 nitrogen and oxygen atoms in total. The van der Waals surface area contributed by atoms with E-state index in [1.165, 1.54) is 44.1 Å². The van der Waals surface area contributed by atoms with E-state index in [1.54, 1.807) is 0 Å². The Labute approximate surface area is 186 Å². The quantitative estimate of drug-likeness (QED) is 0.457. The fourth-order valence-corrected chi connectivity index (χ4v) is 4.00. The lowest BCUT2D eigenvalue weighted by atomic mass is 10.1. The molecule has 5 heteroatoms. The Kier molecular flexibility index (Phi) is 10.1. The minimum Gasteiger partial charge on any atom is -0.490 e. The molecule has 1 aliphatic rings. The number of halogens is 2. The molecule has 0 spiro atoms. The van der Waals surface area contributed by atoms with E-state index in [4.69, 9.17) is 21.1 Å². The average Bonchev–Trinajstić information content (AvgIpc) is 2.96. The van der Waals surface area contributed by atoms with Crippen molar-refractivity contribution < 1.29 is 9.47 Å². The van der Waals surface area contributed by atoms with Crippen LogP contribution in [0.2, 0.25) is 5.02 Å². The van der Waals surface area contributed by atoms with Crippen LogP contribution in [-0.2, 0) is 13.2 Å². The number of benzene rings is 2. The summed E-state index contributed by atoms with van der Waals surface area (Å²) in [6, 6.07) is 13.0. The summed E-state index contributed by atoms with van der Waals surface area (Å²) in [4.78, 5) is 0. The first-order valence-corrected chi connectivity index (χ1v) is 10.9. The molecule has 160 valence electrons. The second-order valence-electron chi connectivity index (χ2n) is 7.68. The van der Waals surface area contributed by atoms with Gasteiger partial charge in [0.15, 0.2) is 11.5 Å². The Bertz CT molecular complexity index is 741. The third-order valence-electron chi connectivity index (χ3n) is 5.32. The molecule has 2 aromatic carbocycles. The normalized spacial score (nSPS) is 14.7. The van der Waals surface area contributed by atoms with E-state index in [2.05, 4.69) is 42.6 Å². The van der Waals surface area contributed by atoms with Crippen molar-refractivity contribution >= 4 is 24.0 Å². The van der Waals surface area contributed by atoms with Gasteiger partial charge in [-0.15, -0.1) is 12.4 Å². The maximum absolute atomic E-state index is 6.58. The van der Waals surface area contributed by atoms with Gasteiger partial charge in [0.05, 0.1) is 11.6 Å². The van der Waals surface area contributed by atoms with Gasteiger partial charge in [0, 0.05) is 12.6 Å². The molecule has 3 rings (SSSR count). The maximum Gasteiger partial charge on any atom is 0.180 e. The highest BCUT2D eigenvalue weighted by atomic mass is 35.5. The molecule has 1 fully saturated rings. The van der Waals surface area contributed by atoms with E-state index < -0.39 is 0 Å². The second-order valence-corrected chi connectivity index (χ2v) is 8.09. The first-order chi connectivity index (χ1) is 13.7. The molecule has 1 aliphatic carbocycles. The molecule has 0 saturated heterocycles. The lowest BCUT2D eigenvalue weighted by molar-refractivity contribution is 0.269. The summed E-state index contributed by atoms with van der Waals surface area (Å²) < 4.78 is 11.9. The van der Waals surface area contributed by atoms with Crippen LogP contribution in [0, 0.1) is 6.92 Å². The summed E-state index contributed by atoms with van der Waals surface area (Å²) in [6.07, 6.45) is 7.92. The summed E-state index contributed by atoms with van der Waals surface area (Å²) in [5.74, 6) is 1.35. The highest BCUT2D eigenvalue weighted by Gasteiger charge is 2.15. The minimum absolute atomic E-state index is 0. The van der Waals surface area contributed by atoms with Crippen molar-refractivity contribution in [3.63, 3.8) is 0 Å². The summed E-state index contributed by atoms with van der Waals surface area (Å²) >= 11 is 6.58. The summed E-state index contributed by atoms with van der Waals surface area (Å²) in [7, 11) is 0. The predicted molar refractivity (Wildman–Crippen MR) is 124 cm³/mol. The zero-order chi connectivity index (χ0) is 19.8. The number of nitrogens with one attached hydrogen (secondary N) is 1. The van der Waals surface area contributed by atoms with Crippen molar-refractivity contribution in [2.75, 3.05) is 6.61 Å². The van der Waals surface area contributed by atoms with Gasteiger partial charge < -0.3 is 14.8 Å². The number of ether oxygens (including phenoxy) is 2. The van der Waals surface area contributed by atoms with E-state index in [1.807, 2.05) is 13.0 Å². The topological polar surface area (TPSA) is 30.5 Å². The Morgan fingerprint density at radius 1 is 0.966 bits per heavy atom. The van der Waals surface area contributed by atoms with E-state index in [0.717, 1.165) is 23.4 Å². The van der Waals surface area contributed by atoms with Crippen molar-refractivity contribution in [1.29, 1.82) is 0 Å². The van der Waals surface area contributed by atoms with Crippen LogP contribution in [0.4, 0.5) is 0 Å². The third kappa shape index (κ3) is 7.40. The first-order valence-electron chi connectivity index (χ1n) is 10.5. The van der Waals surface area contributed by atoms with E-state index in [9.17, 15) is 0 Å². The van der Waals surface area contributed by atoms with Crippen molar-refractivity contribution in [2.45, 2.75) is 71.6 Å². The number of aryl methyl sites for hydroxylation is 1. The predicted octanol–water partition coefficient (Wildman–Crippen LogP) is 6.86. The Balaban J connectivity index is 0.00000300. The van der Waals surface area contributed by atoms with Crippen LogP contribution in [0.5, 0.6) is 11.5 Å². The highest BCUT2D eigenvalue weighted by Crippen LogP contribution is 2.37. The molecule has 0 bridgehead atoms. The van der Waals surface area contributed by atoms with Gasteiger partial charge >= 0.3 is 0 Å². The zero-order valence-electron chi connectivity index (χ0n) is 17.5. The molecule has 0 aromatic heterocycles. The van der Waals surface area contributed by atoms with Crippen LogP contribution in [0.3, 0.4) is 0 Å². The van der Waals surface area contributed by atoms with Crippen LogP contribution in [0.15, 0.2) is 36.4 Å². The first kappa shape index (κ1) is 23.9. The molecule has 1 N–H and O–H groups in total. The van der Waals surface area contributed by atoms with Gasteiger partial charge in [0.25, 0.3) is 0 Å². The molecule has 2 aromatic rings. The van der Waals surface area contributed by atoms with E-state index >= 15 is 0 Å². The molecule has 29 heavy (non-hydrogen) atoms. The Morgan fingerprint density at radius 3 is 2.31 bits per heavy atom. The summed E-state index contributed by atoms with van der Waals surface area (Å²) in [5.41, 5.74) is 3.49. The third-order valence-corrected chi connectivity index (χ3v) is 5.60.